The fraction of sp³-hybridized carbons (Fsp3) is 0.444. The summed E-state index contributed by atoms with van der Waals surface area (Å²) < 4.78 is 11.2. The van der Waals surface area contributed by atoms with Crippen LogP contribution >= 0.6 is 22.9 Å². The second-order valence-corrected chi connectivity index (χ2v) is 7.67. The predicted molar refractivity (Wildman–Crippen MR) is 93.2 cm³/mol. The Hall–Kier alpha value is -1.43. The number of aromatic nitrogens is 1. The van der Waals surface area contributed by atoms with Crippen molar-refractivity contribution in [2.24, 2.45) is 5.92 Å². The normalized spacial score (nSPS) is 21.6. The lowest BCUT2D eigenvalue weighted by atomic mass is 9.99. The standard InChI is InChI=1S/C18H18ClNO3S/c19-15-4-2-1-3-14(15)17-20-13(11-24-17)9-16(21)23-18(6-7-18)12-5-8-22-10-12/h1-4,11-12H,5-10H2. The molecule has 1 aliphatic carbocycles. The summed E-state index contributed by atoms with van der Waals surface area (Å²) in [5.41, 5.74) is 1.36. The number of rotatable bonds is 5. The van der Waals surface area contributed by atoms with E-state index in [1.807, 2.05) is 29.6 Å². The van der Waals surface area contributed by atoms with Crippen LogP contribution in [0.4, 0.5) is 0 Å². The maximum atomic E-state index is 12.3. The van der Waals surface area contributed by atoms with Gasteiger partial charge in [-0.3, -0.25) is 4.79 Å². The van der Waals surface area contributed by atoms with E-state index in [1.165, 1.54) is 11.3 Å². The second-order valence-electron chi connectivity index (χ2n) is 6.40. The van der Waals surface area contributed by atoms with Gasteiger partial charge in [-0.2, -0.15) is 0 Å². The Morgan fingerprint density at radius 1 is 1.42 bits per heavy atom. The minimum absolute atomic E-state index is 0.199. The largest absolute Gasteiger partial charge is 0.458 e. The molecule has 0 radical (unpaired) electrons. The Kier molecular flexibility index (Phi) is 4.33. The van der Waals surface area contributed by atoms with E-state index in [0.717, 1.165) is 42.1 Å². The van der Waals surface area contributed by atoms with E-state index >= 15 is 0 Å². The van der Waals surface area contributed by atoms with Crippen LogP contribution in [0.1, 0.15) is 25.0 Å². The quantitative estimate of drug-likeness (QED) is 0.750. The Balaban J connectivity index is 1.41. The summed E-state index contributed by atoms with van der Waals surface area (Å²) in [7, 11) is 0. The van der Waals surface area contributed by atoms with Crippen molar-refractivity contribution in [1.29, 1.82) is 0 Å². The van der Waals surface area contributed by atoms with E-state index in [2.05, 4.69) is 4.98 Å². The molecule has 126 valence electrons. The molecule has 2 heterocycles. The van der Waals surface area contributed by atoms with Gasteiger partial charge in [0.1, 0.15) is 10.6 Å². The number of hydrogen-bond donors (Lipinski definition) is 0. The summed E-state index contributed by atoms with van der Waals surface area (Å²) in [6, 6.07) is 7.59. The minimum Gasteiger partial charge on any atom is -0.458 e. The molecule has 0 N–H and O–H groups in total. The molecule has 2 aliphatic rings. The zero-order valence-corrected chi connectivity index (χ0v) is 14.7. The average molecular weight is 364 g/mol. The summed E-state index contributed by atoms with van der Waals surface area (Å²) >= 11 is 7.70. The lowest BCUT2D eigenvalue weighted by Crippen LogP contribution is -2.30. The Morgan fingerprint density at radius 2 is 2.25 bits per heavy atom. The van der Waals surface area contributed by atoms with E-state index in [1.54, 1.807) is 0 Å². The highest BCUT2D eigenvalue weighted by atomic mass is 35.5. The molecular formula is C18H18ClNO3S. The third kappa shape index (κ3) is 3.21. The number of benzene rings is 1. The van der Waals surface area contributed by atoms with Crippen molar-refractivity contribution in [2.75, 3.05) is 13.2 Å². The van der Waals surface area contributed by atoms with Crippen molar-refractivity contribution in [2.45, 2.75) is 31.3 Å². The van der Waals surface area contributed by atoms with Crippen LogP contribution in [0.5, 0.6) is 0 Å². The van der Waals surface area contributed by atoms with Gasteiger partial charge in [0.2, 0.25) is 0 Å². The molecule has 0 spiro atoms. The number of halogens is 1. The topological polar surface area (TPSA) is 48.4 Å². The molecule has 1 atom stereocenters. The molecule has 6 heteroatoms. The van der Waals surface area contributed by atoms with E-state index in [4.69, 9.17) is 21.1 Å². The van der Waals surface area contributed by atoms with Gasteiger partial charge in [0.25, 0.3) is 0 Å². The van der Waals surface area contributed by atoms with E-state index in [9.17, 15) is 4.79 Å². The van der Waals surface area contributed by atoms with Gasteiger partial charge < -0.3 is 9.47 Å². The smallest absolute Gasteiger partial charge is 0.312 e. The first kappa shape index (κ1) is 16.1. The molecule has 0 bridgehead atoms. The van der Waals surface area contributed by atoms with Gasteiger partial charge >= 0.3 is 5.97 Å². The molecular weight excluding hydrogens is 346 g/mol. The number of esters is 1. The molecule has 2 fully saturated rings. The maximum Gasteiger partial charge on any atom is 0.312 e. The van der Waals surface area contributed by atoms with Crippen molar-refractivity contribution in [3.63, 3.8) is 0 Å². The Bertz CT molecular complexity index is 750. The predicted octanol–water partition coefficient (Wildman–Crippen LogP) is 4.12. The third-order valence-corrected chi connectivity index (χ3v) is 5.97. The summed E-state index contributed by atoms with van der Waals surface area (Å²) in [5, 5.41) is 3.39. The highest BCUT2D eigenvalue weighted by molar-refractivity contribution is 7.13. The Labute approximate surface area is 149 Å². The van der Waals surface area contributed by atoms with Crippen molar-refractivity contribution in [3.05, 3.63) is 40.4 Å². The molecule has 0 amide bonds. The van der Waals surface area contributed by atoms with Crippen molar-refractivity contribution < 1.29 is 14.3 Å². The molecule has 1 saturated carbocycles. The summed E-state index contributed by atoms with van der Waals surface area (Å²) in [6.07, 6.45) is 3.10. The third-order valence-electron chi connectivity index (χ3n) is 4.72. The van der Waals surface area contributed by atoms with Gasteiger partial charge in [-0.05, 0) is 25.3 Å². The van der Waals surface area contributed by atoms with E-state index in [0.29, 0.717) is 17.5 Å². The minimum atomic E-state index is -0.269. The van der Waals surface area contributed by atoms with Crippen molar-refractivity contribution in [3.8, 4) is 10.6 Å². The van der Waals surface area contributed by atoms with Gasteiger partial charge in [-0.15, -0.1) is 11.3 Å². The van der Waals surface area contributed by atoms with Crippen LogP contribution in [0, 0.1) is 5.92 Å². The van der Waals surface area contributed by atoms with Crippen LogP contribution < -0.4 is 0 Å². The average Bonchev–Trinajstić information content (AvgIpc) is 3.00. The fourth-order valence-corrected chi connectivity index (χ4v) is 4.36. The number of carbonyl (C=O) groups excluding carboxylic acids is 1. The van der Waals surface area contributed by atoms with Gasteiger partial charge in [-0.25, -0.2) is 4.98 Å². The number of thiazole rings is 1. The van der Waals surface area contributed by atoms with Gasteiger partial charge in [0.15, 0.2) is 0 Å². The molecule has 4 nitrogen and oxygen atoms in total. The van der Waals surface area contributed by atoms with Crippen LogP contribution in [0.15, 0.2) is 29.6 Å². The molecule has 1 unspecified atom stereocenters. The monoisotopic (exact) mass is 363 g/mol. The highest BCUT2D eigenvalue weighted by Gasteiger charge is 2.54. The SMILES string of the molecule is O=C(Cc1csc(-c2ccccc2Cl)n1)OC1(C2CCOC2)CC1. The lowest BCUT2D eigenvalue weighted by Gasteiger charge is -2.21. The van der Waals surface area contributed by atoms with Gasteiger partial charge in [0.05, 0.1) is 23.7 Å². The van der Waals surface area contributed by atoms with Crippen molar-refractivity contribution >= 4 is 28.9 Å². The number of hydrogen-bond acceptors (Lipinski definition) is 5. The first-order chi connectivity index (χ1) is 11.7. The summed E-state index contributed by atoms with van der Waals surface area (Å²) in [5.74, 6) is 0.158. The maximum absolute atomic E-state index is 12.3. The molecule has 1 aromatic carbocycles. The van der Waals surface area contributed by atoms with Crippen LogP contribution in [0.2, 0.25) is 5.02 Å². The van der Waals surface area contributed by atoms with Gasteiger partial charge in [-0.1, -0.05) is 29.8 Å². The second kappa shape index (κ2) is 6.47. The van der Waals surface area contributed by atoms with Crippen LogP contribution in [0.3, 0.4) is 0 Å². The number of ether oxygens (including phenoxy) is 2. The van der Waals surface area contributed by atoms with Gasteiger partial charge in [0, 0.05) is 23.5 Å². The Morgan fingerprint density at radius 3 is 2.96 bits per heavy atom. The first-order valence-electron chi connectivity index (χ1n) is 8.15. The zero-order valence-electron chi connectivity index (χ0n) is 13.2. The summed E-state index contributed by atoms with van der Waals surface area (Å²) in [4.78, 5) is 16.9. The molecule has 2 aromatic rings. The van der Waals surface area contributed by atoms with Crippen LogP contribution in [-0.4, -0.2) is 29.8 Å². The lowest BCUT2D eigenvalue weighted by molar-refractivity contribution is -0.153. The summed E-state index contributed by atoms with van der Waals surface area (Å²) in [6.45, 7) is 1.48. The van der Waals surface area contributed by atoms with E-state index < -0.39 is 0 Å². The van der Waals surface area contributed by atoms with E-state index in [-0.39, 0.29) is 18.0 Å². The fourth-order valence-electron chi connectivity index (χ4n) is 3.22. The molecule has 4 rings (SSSR count). The van der Waals surface area contributed by atoms with Crippen molar-refractivity contribution in [1.82, 2.24) is 4.98 Å². The first-order valence-corrected chi connectivity index (χ1v) is 9.41. The zero-order chi connectivity index (χ0) is 16.6. The van der Waals surface area contributed by atoms with Crippen LogP contribution in [-0.2, 0) is 20.7 Å². The molecule has 1 aromatic heterocycles. The molecule has 1 saturated heterocycles. The number of nitrogens with zero attached hydrogens (tertiary/aromatic N) is 1. The highest BCUT2D eigenvalue weighted by Crippen LogP contribution is 2.49. The molecule has 24 heavy (non-hydrogen) atoms. The number of carbonyl (C=O) groups is 1. The van der Waals surface area contributed by atoms with Crippen LogP contribution in [0.25, 0.3) is 10.6 Å². The molecule has 1 aliphatic heterocycles.